The van der Waals surface area contributed by atoms with Crippen LogP contribution < -0.4 is 5.32 Å². The second-order valence-electron chi connectivity index (χ2n) is 4.33. The maximum Gasteiger partial charge on any atom is 0.125 e. The first-order chi connectivity index (χ1) is 7.63. The number of rotatable bonds is 3. The average Bonchev–Trinajstić information content (AvgIpc) is 2.55. The lowest BCUT2D eigenvalue weighted by Crippen LogP contribution is -2.12. The van der Waals surface area contributed by atoms with Crippen molar-refractivity contribution in [2.45, 2.75) is 26.4 Å². The van der Waals surface area contributed by atoms with E-state index in [0.29, 0.717) is 6.04 Å². The Morgan fingerprint density at radius 2 is 2.06 bits per heavy atom. The molecule has 0 saturated heterocycles. The van der Waals surface area contributed by atoms with E-state index in [2.05, 4.69) is 29.8 Å². The van der Waals surface area contributed by atoms with Gasteiger partial charge in [0.15, 0.2) is 0 Å². The van der Waals surface area contributed by atoms with Gasteiger partial charge in [0.05, 0.1) is 5.52 Å². The first-order valence-corrected chi connectivity index (χ1v) is 5.57. The highest BCUT2D eigenvalue weighted by Crippen LogP contribution is 2.24. The summed E-state index contributed by atoms with van der Waals surface area (Å²) in [4.78, 5) is 0. The molecule has 0 amide bonds. The van der Waals surface area contributed by atoms with E-state index in [1.54, 1.807) is 6.07 Å². The number of hydrogen-bond donors (Lipinski definition) is 1. The maximum absolute atomic E-state index is 13.2. The predicted molar refractivity (Wildman–Crippen MR) is 65.0 cm³/mol. The van der Waals surface area contributed by atoms with Gasteiger partial charge in [-0.25, -0.2) is 4.39 Å². The molecule has 0 aliphatic heterocycles. The minimum Gasteiger partial charge on any atom is -0.341 e. The van der Waals surface area contributed by atoms with E-state index in [9.17, 15) is 4.39 Å². The molecule has 0 aliphatic rings. The van der Waals surface area contributed by atoms with Crippen LogP contribution in [0, 0.1) is 5.82 Å². The molecule has 2 aromatic rings. The largest absolute Gasteiger partial charge is 0.341 e. The minimum atomic E-state index is -0.177. The summed E-state index contributed by atoms with van der Waals surface area (Å²) in [5, 5.41) is 4.24. The third kappa shape index (κ3) is 1.83. The molecular formula is C13H17FN2. The molecule has 3 heteroatoms. The summed E-state index contributed by atoms with van der Waals surface area (Å²) in [6.45, 7) is 5.03. The van der Waals surface area contributed by atoms with E-state index in [-0.39, 0.29) is 5.82 Å². The van der Waals surface area contributed by atoms with Gasteiger partial charge in [0, 0.05) is 23.7 Å². The highest BCUT2D eigenvalue weighted by atomic mass is 19.1. The fraction of sp³-hybridized carbons (Fsp3) is 0.385. The van der Waals surface area contributed by atoms with Crippen molar-refractivity contribution in [3.05, 3.63) is 35.8 Å². The summed E-state index contributed by atoms with van der Waals surface area (Å²) >= 11 is 0. The van der Waals surface area contributed by atoms with Gasteiger partial charge in [-0.05, 0) is 45.2 Å². The predicted octanol–water partition coefficient (Wildman–Crippen LogP) is 3.08. The van der Waals surface area contributed by atoms with Crippen LogP contribution in [0.25, 0.3) is 10.9 Å². The van der Waals surface area contributed by atoms with Crippen molar-refractivity contribution >= 4 is 10.9 Å². The molecule has 16 heavy (non-hydrogen) atoms. The summed E-state index contributed by atoms with van der Waals surface area (Å²) in [7, 11) is 1.92. The van der Waals surface area contributed by atoms with E-state index in [1.165, 1.54) is 11.8 Å². The number of aromatic nitrogens is 1. The molecule has 1 aromatic carbocycles. The van der Waals surface area contributed by atoms with Crippen LogP contribution in [0.3, 0.4) is 0 Å². The van der Waals surface area contributed by atoms with Gasteiger partial charge in [0.2, 0.25) is 0 Å². The van der Waals surface area contributed by atoms with E-state index in [0.717, 1.165) is 17.4 Å². The Morgan fingerprint density at radius 3 is 2.69 bits per heavy atom. The summed E-state index contributed by atoms with van der Waals surface area (Å²) in [5.74, 6) is -0.177. The fourth-order valence-corrected chi connectivity index (χ4v) is 2.18. The Labute approximate surface area is 95.1 Å². The topological polar surface area (TPSA) is 17.0 Å². The van der Waals surface area contributed by atoms with Gasteiger partial charge in [-0.1, -0.05) is 0 Å². The second-order valence-corrected chi connectivity index (χ2v) is 4.33. The zero-order valence-electron chi connectivity index (χ0n) is 9.92. The number of fused-ring (bicyclic) bond motifs is 1. The first kappa shape index (κ1) is 11.1. The lowest BCUT2D eigenvalue weighted by molar-refractivity contribution is 0.578. The lowest BCUT2D eigenvalue weighted by Gasteiger charge is -2.14. The first-order valence-electron chi connectivity index (χ1n) is 5.57. The van der Waals surface area contributed by atoms with Crippen molar-refractivity contribution in [1.82, 2.24) is 9.88 Å². The summed E-state index contributed by atoms with van der Waals surface area (Å²) < 4.78 is 15.4. The Hall–Kier alpha value is -1.35. The van der Waals surface area contributed by atoms with Crippen LogP contribution in [0.2, 0.25) is 0 Å². The maximum atomic E-state index is 13.2. The number of nitrogens with zero attached hydrogens (tertiary/aromatic N) is 1. The van der Waals surface area contributed by atoms with Crippen LogP contribution in [0.1, 0.15) is 25.6 Å². The van der Waals surface area contributed by atoms with Gasteiger partial charge in [0.1, 0.15) is 5.82 Å². The van der Waals surface area contributed by atoms with Crippen molar-refractivity contribution in [2.24, 2.45) is 0 Å². The molecule has 0 atom stereocenters. The van der Waals surface area contributed by atoms with Gasteiger partial charge in [-0.3, -0.25) is 0 Å². The van der Waals surface area contributed by atoms with Crippen molar-refractivity contribution < 1.29 is 4.39 Å². The second kappa shape index (κ2) is 4.26. The molecule has 86 valence electrons. The van der Waals surface area contributed by atoms with Crippen LogP contribution in [0.4, 0.5) is 4.39 Å². The van der Waals surface area contributed by atoms with Crippen molar-refractivity contribution in [3.8, 4) is 0 Å². The molecule has 0 saturated carbocycles. The molecule has 0 aliphatic carbocycles. The Kier molecular flexibility index (Phi) is 2.97. The highest BCUT2D eigenvalue weighted by Gasteiger charge is 2.11. The lowest BCUT2D eigenvalue weighted by atomic mass is 10.2. The van der Waals surface area contributed by atoms with Crippen LogP contribution in [-0.2, 0) is 6.54 Å². The Bertz CT molecular complexity index is 500. The van der Waals surface area contributed by atoms with Crippen molar-refractivity contribution in [2.75, 3.05) is 7.05 Å². The van der Waals surface area contributed by atoms with E-state index < -0.39 is 0 Å². The molecule has 0 unspecified atom stereocenters. The molecule has 1 N–H and O–H groups in total. The monoisotopic (exact) mass is 220 g/mol. The molecular weight excluding hydrogens is 203 g/mol. The van der Waals surface area contributed by atoms with Gasteiger partial charge in [-0.2, -0.15) is 0 Å². The molecule has 1 aromatic heterocycles. The molecule has 1 heterocycles. The quantitative estimate of drug-likeness (QED) is 0.841. The summed E-state index contributed by atoms with van der Waals surface area (Å²) in [6.07, 6.45) is 0. The van der Waals surface area contributed by atoms with Crippen molar-refractivity contribution in [3.63, 3.8) is 0 Å². The smallest absolute Gasteiger partial charge is 0.125 e. The molecule has 2 nitrogen and oxygen atoms in total. The van der Waals surface area contributed by atoms with Crippen molar-refractivity contribution in [1.29, 1.82) is 0 Å². The number of nitrogens with one attached hydrogen (secondary N) is 1. The summed E-state index contributed by atoms with van der Waals surface area (Å²) in [6, 6.07) is 7.40. The molecule has 0 fully saturated rings. The van der Waals surface area contributed by atoms with Crippen LogP contribution >= 0.6 is 0 Å². The SMILES string of the molecule is CNCc1cc2ccc(F)cc2n1C(C)C. The van der Waals surface area contributed by atoms with Crippen LogP contribution in [0.5, 0.6) is 0 Å². The van der Waals surface area contributed by atoms with E-state index in [4.69, 9.17) is 0 Å². The fourth-order valence-electron chi connectivity index (χ4n) is 2.18. The van der Waals surface area contributed by atoms with Gasteiger partial charge in [-0.15, -0.1) is 0 Å². The number of hydrogen-bond acceptors (Lipinski definition) is 1. The van der Waals surface area contributed by atoms with Gasteiger partial charge >= 0.3 is 0 Å². The van der Waals surface area contributed by atoms with Gasteiger partial charge in [0.25, 0.3) is 0 Å². The molecule has 0 radical (unpaired) electrons. The zero-order chi connectivity index (χ0) is 11.7. The number of halogens is 1. The third-order valence-corrected chi connectivity index (χ3v) is 2.76. The van der Waals surface area contributed by atoms with Gasteiger partial charge < -0.3 is 9.88 Å². The van der Waals surface area contributed by atoms with Crippen LogP contribution in [0.15, 0.2) is 24.3 Å². The Morgan fingerprint density at radius 1 is 1.31 bits per heavy atom. The molecule has 0 spiro atoms. The standard InChI is InChI=1S/C13H17FN2/c1-9(2)16-12(8-15-3)6-10-4-5-11(14)7-13(10)16/h4-7,9,15H,8H2,1-3H3. The highest BCUT2D eigenvalue weighted by molar-refractivity contribution is 5.81. The third-order valence-electron chi connectivity index (χ3n) is 2.76. The summed E-state index contributed by atoms with van der Waals surface area (Å²) in [5.41, 5.74) is 2.17. The van der Waals surface area contributed by atoms with E-state index >= 15 is 0 Å². The molecule has 0 bridgehead atoms. The van der Waals surface area contributed by atoms with E-state index in [1.807, 2.05) is 13.1 Å². The zero-order valence-corrected chi connectivity index (χ0v) is 9.92. The normalized spacial score (nSPS) is 11.6. The van der Waals surface area contributed by atoms with Crippen LogP contribution in [-0.4, -0.2) is 11.6 Å². The Balaban J connectivity index is 2.67. The minimum absolute atomic E-state index is 0.177. The number of benzene rings is 1. The average molecular weight is 220 g/mol. The molecule has 2 rings (SSSR count).